The average molecular weight is 393 g/mol. The van der Waals surface area contributed by atoms with E-state index in [1.807, 2.05) is 12.1 Å². The molecular formula is C22H20FN3O3. The molecule has 1 aliphatic rings. The molecule has 1 aromatic carbocycles. The molecule has 1 saturated heterocycles. The van der Waals surface area contributed by atoms with Gasteiger partial charge in [0.25, 0.3) is 0 Å². The van der Waals surface area contributed by atoms with E-state index in [-0.39, 0.29) is 36.5 Å². The van der Waals surface area contributed by atoms with Crippen LogP contribution in [0.3, 0.4) is 0 Å². The lowest BCUT2D eigenvalue weighted by Crippen LogP contribution is -2.32. The number of hydrogen-bond acceptors (Lipinski definition) is 4. The summed E-state index contributed by atoms with van der Waals surface area (Å²) < 4.78 is 18.8. The Morgan fingerprint density at radius 2 is 2.03 bits per heavy atom. The second kappa shape index (κ2) is 8.26. The Morgan fingerprint density at radius 1 is 1.21 bits per heavy atom. The zero-order chi connectivity index (χ0) is 20.2. The second-order valence-corrected chi connectivity index (χ2v) is 7.03. The van der Waals surface area contributed by atoms with Gasteiger partial charge < -0.3 is 14.6 Å². The third kappa shape index (κ3) is 4.51. The minimum atomic E-state index is -0.384. The number of rotatable bonds is 6. The molecule has 7 heteroatoms. The number of halogens is 1. The molecule has 0 radical (unpaired) electrons. The van der Waals surface area contributed by atoms with Gasteiger partial charge in [0.1, 0.15) is 17.3 Å². The molecule has 1 N–H and O–H groups in total. The largest absolute Gasteiger partial charge is 0.459 e. The Hall–Kier alpha value is -3.48. The predicted molar refractivity (Wildman–Crippen MR) is 104 cm³/mol. The number of carbonyl (C=O) groups is 2. The first kappa shape index (κ1) is 18.9. The molecule has 2 amide bonds. The second-order valence-electron chi connectivity index (χ2n) is 7.03. The lowest BCUT2D eigenvalue weighted by Gasteiger charge is -2.16. The number of furan rings is 1. The Balaban J connectivity index is 1.31. The monoisotopic (exact) mass is 393 g/mol. The number of nitrogens with one attached hydrogen (secondary N) is 1. The van der Waals surface area contributed by atoms with Crippen molar-refractivity contribution in [2.75, 3.05) is 6.54 Å². The first-order valence-corrected chi connectivity index (χ1v) is 9.37. The van der Waals surface area contributed by atoms with Crippen molar-refractivity contribution in [3.8, 4) is 11.3 Å². The maximum Gasteiger partial charge on any atom is 0.225 e. The molecule has 2 aromatic heterocycles. The fraction of sp³-hybridized carbons (Fsp3) is 0.227. The van der Waals surface area contributed by atoms with Crippen LogP contribution in [-0.4, -0.2) is 28.2 Å². The van der Waals surface area contributed by atoms with Gasteiger partial charge in [-0.1, -0.05) is 6.07 Å². The lowest BCUT2D eigenvalue weighted by molar-refractivity contribution is -0.129. The molecule has 1 fully saturated rings. The molecule has 1 aliphatic heterocycles. The molecule has 1 atom stereocenters. The Labute approximate surface area is 167 Å². The fourth-order valence-electron chi connectivity index (χ4n) is 3.37. The molecule has 3 aromatic rings. The van der Waals surface area contributed by atoms with E-state index in [9.17, 15) is 14.0 Å². The first-order chi connectivity index (χ1) is 14.1. The van der Waals surface area contributed by atoms with Gasteiger partial charge in [-0.3, -0.25) is 14.6 Å². The summed E-state index contributed by atoms with van der Waals surface area (Å²) in [5.41, 5.74) is 1.70. The van der Waals surface area contributed by atoms with E-state index in [1.165, 1.54) is 12.1 Å². The quantitative estimate of drug-likeness (QED) is 0.698. The summed E-state index contributed by atoms with van der Waals surface area (Å²) in [6.45, 7) is 1.07. The van der Waals surface area contributed by atoms with Crippen LogP contribution < -0.4 is 5.32 Å². The maximum atomic E-state index is 13.0. The van der Waals surface area contributed by atoms with Gasteiger partial charge in [0.15, 0.2) is 0 Å². The summed E-state index contributed by atoms with van der Waals surface area (Å²) in [4.78, 5) is 30.5. The third-order valence-corrected chi connectivity index (χ3v) is 4.91. The number of amides is 2. The van der Waals surface area contributed by atoms with Gasteiger partial charge in [-0.2, -0.15) is 0 Å². The molecule has 0 unspecified atom stereocenters. The van der Waals surface area contributed by atoms with Crippen LogP contribution >= 0.6 is 0 Å². The average Bonchev–Trinajstić information content (AvgIpc) is 3.35. The molecule has 3 heterocycles. The van der Waals surface area contributed by atoms with Gasteiger partial charge in [0.2, 0.25) is 11.8 Å². The molecule has 0 saturated carbocycles. The Kier molecular flexibility index (Phi) is 5.37. The van der Waals surface area contributed by atoms with Crippen LogP contribution in [-0.2, 0) is 22.7 Å². The van der Waals surface area contributed by atoms with Crippen LogP contribution in [0.25, 0.3) is 11.3 Å². The van der Waals surface area contributed by atoms with Crippen molar-refractivity contribution >= 4 is 11.8 Å². The van der Waals surface area contributed by atoms with Crippen molar-refractivity contribution in [1.29, 1.82) is 0 Å². The summed E-state index contributed by atoms with van der Waals surface area (Å²) >= 11 is 0. The van der Waals surface area contributed by atoms with Crippen molar-refractivity contribution in [2.45, 2.75) is 19.5 Å². The van der Waals surface area contributed by atoms with Gasteiger partial charge in [-0.05, 0) is 48.0 Å². The number of pyridine rings is 1. The summed E-state index contributed by atoms with van der Waals surface area (Å²) in [6.07, 6.45) is 3.60. The van der Waals surface area contributed by atoms with E-state index in [0.29, 0.717) is 24.6 Å². The van der Waals surface area contributed by atoms with Crippen LogP contribution in [0.4, 0.5) is 4.39 Å². The standard InChI is InChI=1S/C22H20FN3O3/c23-18-5-3-16(4-6-18)20-8-7-19(29-20)12-25-22(28)17-10-21(27)26(14-17)13-15-2-1-9-24-11-15/h1-9,11,17H,10,12-14H2,(H,25,28)/t17-/m0/s1. The van der Waals surface area contributed by atoms with Crippen LogP contribution in [0.15, 0.2) is 65.3 Å². The van der Waals surface area contributed by atoms with Crippen LogP contribution in [0, 0.1) is 11.7 Å². The predicted octanol–water partition coefficient (Wildman–Crippen LogP) is 3.15. The molecule has 148 valence electrons. The van der Waals surface area contributed by atoms with E-state index in [1.54, 1.807) is 41.6 Å². The highest BCUT2D eigenvalue weighted by Gasteiger charge is 2.34. The smallest absolute Gasteiger partial charge is 0.225 e. The van der Waals surface area contributed by atoms with Crippen LogP contribution in [0.2, 0.25) is 0 Å². The Morgan fingerprint density at radius 3 is 2.79 bits per heavy atom. The number of benzene rings is 1. The number of likely N-dealkylation sites (tertiary alicyclic amines) is 1. The molecule has 4 rings (SSSR count). The normalized spacial score (nSPS) is 16.2. The van der Waals surface area contributed by atoms with Crippen LogP contribution in [0.1, 0.15) is 17.7 Å². The summed E-state index contributed by atoms with van der Waals surface area (Å²) in [5.74, 6) is 0.293. The summed E-state index contributed by atoms with van der Waals surface area (Å²) in [6, 6.07) is 13.3. The fourth-order valence-corrected chi connectivity index (χ4v) is 3.37. The number of carbonyl (C=O) groups excluding carboxylic acids is 2. The van der Waals surface area contributed by atoms with Crippen molar-refractivity contribution in [3.05, 3.63) is 78.1 Å². The van der Waals surface area contributed by atoms with Gasteiger partial charge in [0, 0.05) is 37.5 Å². The van der Waals surface area contributed by atoms with Gasteiger partial charge in [-0.25, -0.2) is 4.39 Å². The minimum absolute atomic E-state index is 0.0365. The highest BCUT2D eigenvalue weighted by atomic mass is 19.1. The summed E-state index contributed by atoms with van der Waals surface area (Å²) in [5, 5.41) is 2.84. The zero-order valence-electron chi connectivity index (χ0n) is 15.7. The van der Waals surface area contributed by atoms with E-state index in [2.05, 4.69) is 10.3 Å². The van der Waals surface area contributed by atoms with Gasteiger partial charge in [0.05, 0.1) is 12.5 Å². The van der Waals surface area contributed by atoms with Gasteiger partial charge >= 0.3 is 0 Å². The van der Waals surface area contributed by atoms with Gasteiger partial charge in [-0.15, -0.1) is 0 Å². The van der Waals surface area contributed by atoms with E-state index >= 15 is 0 Å². The van der Waals surface area contributed by atoms with Crippen LogP contribution in [0.5, 0.6) is 0 Å². The molecule has 6 nitrogen and oxygen atoms in total. The minimum Gasteiger partial charge on any atom is -0.459 e. The lowest BCUT2D eigenvalue weighted by atomic mass is 10.1. The highest BCUT2D eigenvalue weighted by molar-refractivity contribution is 5.89. The highest BCUT2D eigenvalue weighted by Crippen LogP contribution is 2.23. The van der Waals surface area contributed by atoms with Crippen molar-refractivity contribution in [3.63, 3.8) is 0 Å². The van der Waals surface area contributed by atoms with E-state index in [4.69, 9.17) is 4.42 Å². The number of aromatic nitrogens is 1. The maximum absolute atomic E-state index is 13.0. The Bertz CT molecular complexity index is 1000. The van der Waals surface area contributed by atoms with Crippen molar-refractivity contribution < 1.29 is 18.4 Å². The van der Waals surface area contributed by atoms with E-state index < -0.39 is 0 Å². The topological polar surface area (TPSA) is 75.4 Å². The number of nitrogens with zero attached hydrogens (tertiary/aromatic N) is 2. The first-order valence-electron chi connectivity index (χ1n) is 9.37. The third-order valence-electron chi connectivity index (χ3n) is 4.91. The molecule has 0 aliphatic carbocycles. The molecular weight excluding hydrogens is 373 g/mol. The van der Waals surface area contributed by atoms with E-state index in [0.717, 1.165) is 11.1 Å². The molecule has 29 heavy (non-hydrogen) atoms. The van der Waals surface area contributed by atoms with Crippen molar-refractivity contribution in [2.24, 2.45) is 5.92 Å². The van der Waals surface area contributed by atoms with Crippen molar-refractivity contribution in [1.82, 2.24) is 15.2 Å². The number of hydrogen-bond donors (Lipinski definition) is 1. The molecule has 0 spiro atoms. The summed E-state index contributed by atoms with van der Waals surface area (Å²) in [7, 11) is 0. The molecule has 0 bridgehead atoms. The zero-order valence-corrected chi connectivity index (χ0v) is 15.7. The SMILES string of the molecule is O=C(NCc1ccc(-c2ccc(F)cc2)o1)[C@H]1CC(=O)N(Cc2cccnc2)C1.